The Balaban J connectivity index is 2.30. The summed E-state index contributed by atoms with van der Waals surface area (Å²) in [6.07, 6.45) is 2.29. The van der Waals surface area contributed by atoms with Crippen LogP contribution in [-0.4, -0.2) is 5.26 Å². The summed E-state index contributed by atoms with van der Waals surface area (Å²) in [5.41, 5.74) is 0.557. The maximum atomic E-state index is 8.95. The largest absolute Gasteiger partial charge is 0.251 e. The van der Waals surface area contributed by atoms with Gasteiger partial charge in [-0.1, -0.05) is 30.3 Å². The fourth-order valence-electron chi connectivity index (χ4n) is 1.77. The average molecular weight is 178 g/mol. The standard InChI is InChI=1S/C11H14O2/c1-11(13-12,10-7-8-10)9-5-3-2-4-6-9/h2-6,10,12H,7-8H2,1H3. The average Bonchev–Trinajstić information content (AvgIpc) is 3.02. The van der Waals surface area contributed by atoms with E-state index in [1.54, 1.807) is 0 Å². The van der Waals surface area contributed by atoms with Crippen molar-refractivity contribution in [3.63, 3.8) is 0 Å². The van der Waals surface area contributed by atoms with Crippen molar-refractivity contribution in [1.82, 2.24) is 0 Å². The van der Waals surface area contributed by atoms with Gasteiger partial charge in [-0.05, 0) is 31.2 Å². The van der Waals surface area contributed by atoms with E-state index in [1.807, 2.05) is 37.3 Å². The molecule has 1 aromatic rings. The summed E-state index contributed by atoms with van der Waals surface area (Å²) < 4.78 is 0. The molecule has 0 aliphatic heterocycles. The number of hydrogen-bond donors (Lipinski definition) is 1. The Hall–Kier alpha value is -0.860. The Labute approximate surface area is 78.1 Å². The second-order valence-electron chi connectivity index (χ2n) is 3.84. The lowest BCUT2D eigenvalue weighted by atomic mass is 9.91. The molecule has 1 aliphatic rings. The summed E-state index contributed by atoms with van der Waals surface area (Å²) in [7, 11) is 0. The monoisotopic (exact) mass is 178 g/mol. The molecule has 0 heterocycles. The van der Waals surface area contributed by atoms with Gasteiger partial charge in [0.2, 0.25) is 0 Å². The highest BCUT2D eigenvalue weighted by Gasteiger charge is 2.44. The molecular formula is C11H14O2. The van der Waals surface area contributed by atoms with Gasteiger partial charge in [0.25, 0.3) is 0 Å². The van der Waals surface area contributed by atoms with Gasteiger partial charge in [-0.2, -0.15) is 0 Å². The summed E-state index contributed by atoms with van der Waals surface area (Å²) in [6, 6.07) is 9.89. The molecule has 0 amide bonds. The van der Waals surface area contributed by atoms with Crippen molar-refractivity contribution in [3.8, 4) is 0 Å². The van der Waals surface area contributed by atoms with Crippen LogP contribution in [0.25, 0.3) is 0 Å². The van der Waals surface area contributed by atoms with Gasteiger partial charge in [0.1, 0.15) is 5.60 Å². The first-order valence-corrected chi connectivity index (χ1v) is 4.65. The van der Waals surface area contributed by atoms with E-state index >= 15 is 0 Å². The van der Waals surface area contributed by atoms with Gasteiger partial charge in [-0.25, -0.2) is 4.89 Å². The van der Waals surface area contributed by atoms with Gasteiger partial charge in [0.15, 0.2) is 0 Å². The molecule has 2 rings (SSSR count). The van der Waals surface area contributed by atoms with Gasteiger partial charge in [0, 0.05) is 0 Å². The van der Waals surface area contributed by atoms with Crippen molar-refractivity contribution in [2.75, 3.05) is 0 Å². The second-order valence-corrected chi connectivity index (χ2v) is 3.84. The predicted molar refractivity (Wildman–Crippen MR) is 50.2 cm³/mol. The normalized spacial score (nSPS) is 21.1. The third-order valence-corrected chi connectivity index (χ3v) is 2.89. The van der Waals surface area contributed by atoms with Crippen molar-refractivity contribution in [2.45, 2.75) is 25.4 Å². The summed E-state index contributed by atoms with van der Waals surface area (Å²) in [4.78, 5) is 4.65. The van der Waals surface area contributed by atoms with Crippen LogP contribution >= 0.6 is 0 Å². The SMILES string of the molecule is CC(OO)(c1ccccc1)C1CC1. The van der Waals surface area contributed by atoms with E-state index < -0.39 is 5.60 Å². The number of rotatable bonds is 3. The molecule has 1 fully saturated rings. The van der Waals surface area contributed by atoms with Crippen LogP contribution in [0.2, 0.25) is 0 Å². The van der Waals surface area contributed by atoms with Crippen molar-refractivity contribution >= 4 is 0 Å². The lowest BCUT2D eigenvalue weighted by Gasteiger charge is -2.26. The topological polar surface area (TPSA) is 29.5 Å². The van der Waals surface area contributed by atoms with Gasteiger partial charge in [-0.3, -0.25) is 5.26 Å². The fourth-order valence-corrected chi connectivity index (χ4v) is 1.77. The molecule has 1 N–H and O–H groups in total. The van der Waals surface area contributed by atoms with E-state index in [0.29, 0.717) is 5.92 Å². The van der Waals surface area contributed by atoms with Crippen molar-refractivity contribution in [3.05, 3.63) is 35.9 Å². The summed E-state index contributed by atoms with van der Waals surface area (Å²) in [6.45, 7) is 1.94. The minimum absolute atomic E-state index is 0.472. The fraction of sp³-hybridized carbons (Fsp3) is 0.455. The minimum atomic E-state index is -0.499. The van der Waals surface area contributed by atoms with E-state index in [9.17, 15) is 0 Å². The van der Waals surface area contributed by atoms with E-state index in [-0.39, 0.29) is 0 Å². The molecule has 0 saturated heterocycles. The smallest absolute Gasteiger partial charge is 0.128 e. The lowest BCUT2D eigenvalue weighted by molar-refractivity contribution is -0.330. The zero-order valence-electron chi connectivity index (χ0n) is 7.73. The van der Waals surface area contributed by atoms with E-state index in [2.05, 4.69) is 4.89 Å². The Morgan fingerprint density at radius 1 is 1.31 bits per heavy atom. The van der Waals surface area contributed by atoms with Crippen molar-refractivity contribution in [2.24, 2.45) is 5.92 Å². The molecule has 13 heavy (non-hydrogen) atoms. The molecular weight excluding hydrogens is 164 g/mol. The van der Waals surface area contributed by atoms with E-state index in [0.717, 1.165) is 18.4 Å². The quantitative estimate of drug-likeness (QED) is 0.569. The molecule has 2 heteroatoms. The first-order chi connectivity index (χ1) is 6.27. The van der Waals surface area contributed by atoms with Crippen LogP contribution in [0.5, 0.6) is 0 Å². The minimum Gasteiger partial charge on any atom is -0.251 e. The van der Waals surface area contributed by atoms with Crippen LogP contribution in [0.3, 0.4) is 0 Å². The van der Waals surface area contributed by atoms with E-state index in [1.165, 1.54) is 0 Å². The molecule has 1 aliphatic carbocycles. The maximum absolute atomic E-state index is 8.95. The molecule has 0 bridgehead atoms. The molecule has 0 aromatic heterocycles. The van der Waals surface area contributed by atoms with Gasteiger partial charge in [0.05, 0.1) is 0 Å². The van der Waals surface area contributed by atoms with Gasteiger partial charge in [-0.15, -0.1) is 0 Å². The van der Waals surface area contributed by atoms with Crippen LogP contribution in [-0.2, 0) is 10.5 Å². The third-order valence-electron chi connectivity index (χ3n) is 2.89. The Bertz CT molecular complexity index is 279. The molecule has 1 aromatic carbocycles. The maximum Gasteiger partial charge on any atom is 0.128 e. The van der Waals surface area contributed by atoms with Crippen LogP contribution in [0.1, 0.15) is 25.3 Å². The Morgan fingerprint density at radius 2 is 1.92 bits per heavy atom. The number of hydrogen-bond acceptors (Lipinski definition) is 2. The third kappa shape index (κ3) is 1.47. The van der Waals surface area contributed by atoms with Crippen LogP contribution in [0.4, 0.5) is 0 Å². The summed E-state index contributed by atoms with van der Waals surface area (Å²) in [5, 5.41) is 8.95. The van der Waals surface area contributed by atoms with Crippen LogP contribution in [0.15, 0.2) is 30.3 Å². The first kappa shape index (κ1) is 8.73. The highest BCUT2D eigenvalue weighted by atomic mass is 17.1. The highest BCUT2D eigenvalue weighted by Crippen LogP contribution is 2.47. The zero-order valence-corrected chi connectivity index (χ0v) is 7.73. The highest BCUT2D eigenvalue weighted by molar-refractivity contribution is 5.24. The predicted octanol–water partition coefficient (Wildman–Crippen LogP) is 2.80. The molecule has 1 unspecified atom stereocenters. The molecule has 2 nitrogen and oxygen atoms in total. The summed E-state index contributed by atoms with van der Waals surface area (Å²) in [5.74, 6) is 0.472. The Morgan fingerprint density at radius 3 is 2.38 bits per heavy atom. The van der Waals surface area contributed by atoms with E-state index in [4.69, 9.17) is 5.26 Å². The van der Waals surface area contributed by atoms with Crippen LogP contribution < -0.4 is 0 Å². The van der Waals surface area contributed by atoms with Crippen molar-refractivity contribution < 1.29 is 10.1 Å². The summed E-state index contributed by atoms with van der Waals surface area (Å²) >= 11 is 0. The molecule has 1 saturated carbocycles. The second kappa shape index (κ2) is 3.13. The zero-order chi connectivity index (χ0) is 9.31. The van der Waals surface area contributed by atoms with Crippen molar-refractivity contribution in [1.29, 1.82) is 0 Å². The molecule has 1 atom stereocenters. The Kier molecular flexibility index (Phi) is 2.10. The van der Waals surface area contributed by atoms with Crippen LogP contribution in [0, 0.1) is 5.92 Å². The van der Waals surface area contributed by atoms with Gasteiger partial charge < -0.3 is 0 Å². The molecule has 70 valence electrons. The molecule has 0 radical (unpaired) electrons. The number of benzene rings is 1. The van der Waals surface area contributed by atoms with Gasteiger partial charge >= 0.3 is 0 Å². The molecule has 0 spiro atoms. The lowest BCUT2D eigenvalue weighted by Crippen LogP contribution is -2.27. The first-order valence-electron chi connectivity index (χ1n) is 4.65.